The highest BCUT2D eigenvalue weighted by atomic mass is 16.5. The zero-order valence-corrected chi connectivity index (χ0v) is 16.8. The van der Waals surface area contributed by atoms with Crippen LogP contribution in [-0.2, 0) is 25.5 Å². The predicted octanol–water partition coefficient (Wildman–Crippen LogP) is 2.32. The summed E-state index contributed by atoms with van der Waals surface area (Å²) in [6.45, 7) is 8.67. The molecule has 0 fully saturated rings. The van der Waals surface area contributed by atoms with Crippen molar-refractivity contribution in [3.8, 4) is 5.75 Å². The Bertz CT molecular complexity index is 688. The molecule has 0 radical (unpaired) electrons. The number of esters is 1. The highest BCUT2D eigenvalue weighted by molar-refractivity contribution is 5.87. The van der Waals surface area contributed by atoms with Crippen LogP contribution in [0.1, 0.15) is 31.2 Å². The summed E-state index contributed by atoms with van der Waals surface area (Å²) in [6.07, 6.45) is 5.56. The van der Waals surface area contributed by atoms with Gasteiger partial charge in [0, 0.05) is 18.7 Å². The van der Waals surface area contributed by atoms with E-state index in [-0.39, 0.29) is 24.2 Å². The molecule has 0 saturated heterocycles. The summed E-state index contributed by atoms with van der Waals surface area (Å²) in [5.41, 5.74) is 0.774. The van der Waals surface area contributed by atoms with Crippen LogP contribution in [0, 0.1) is 0 Å². The van der Waals surface area contributed by atoms with E-state index in [4.69, 9.17) is 9.47 Å². The first-order valence-electron chi connectivity index (χ1n) is 9.73. The number of carbonyl (C=O) groups excluding carboxylic acids is 3. The fraction of sp³-hybridized carbons (Fsp3) is 0.409. The maximum absolute atomic E-state index is 12.1. The van der Waals surface area contributed by atoms with Crippen molar-refractivity contribution in [2.45, 2.75) is 32.1 Å². The third kappa shape index (κ3) is 11.4. The van der Waals surface area contributed by atoms with Gasteiger partial charge in [0.25, 0.3) is 0 Å². The minimum absolute atomic E-state index is 0.138. The van der Waals surface area contributed by atoms with Crippen molar-refractivity contribution >= 4 is 17.8 Å². The molecule has 7 heteroatoms. The van der Waals surface area contributed by atoms with E-state index < -0.39 is 0 Å². The van der Waals surface area contributed by atoms with Crippen LogP contribution in [0.2, 0.25) is 0 Å². The summed E-state index contributed by atoms with van der Waals surface area (Å²) in [4.78, 5) is 34.1. The molecule has 2 N–H and O–H groups in total. The summed E-state index contributed by atoms with van der Waals surface area (Å²) >= 11 is 0. The summed E-state index contributed by atoms with van der Waals surface area (Å²) in [7, 11) is 0. The monoisotopic (exact) mass is 402 g/mol. The van der Waals surface area contributed by atoms with Crippen LogP contribution in [-0.4, -0.2) is 44.1 Å². The van der Waals surface area contributed by atoms with Gasteiger partial charge in [0.1, 0.15) is 5.75 Å². The van der Waals surface area contributed by atoms with Gasteiger partial charge in [-0.3, -0.25) is 14.4 Å². The molecular formula is C22H30N2O5. The Kier molecular flexibility index (Phi) is 12.3. The van der Waals surface area contributed by atoms with Gasteiger partial charge in [-0.25, -0.2) is 0 Å². The normalized spacial score (nSPS) is 9.93. The van der Waals surface area contributed by atoms with Gasteiger partial charge in [-0.1, -0.05) is 31.4 Å². The van der Waals surface area contributed by atoms with Crippen molar-refractivity contribution in [1.82, 2.24) is 10.6 Å². The molecule has 1 aromatic carbocycles. The number of rotatable bonds is 15. The third-order valence-corrected chi connectivity index (χ3v) is 3.94. The van der Waals surface area contributed by atoms with Crippen molar-refractivity contribution < 1.29 is 23.9 Å². The first kappa shape index (κ1) is 23.9. The molecule has 0 heterocycles. The molecule has 0 unspecified atom stereocenters. The lowest BCUT2D eigenvalue weighted by Crippen LogP contribution is -2.22. The number of benzene rings is 1. The van der Waals surface area contributed by atoms with Crippen molar-refractivity contribution in [3.05, 3.63) is 55.1 Å². The SMILES string of the molecule is C=CC(=O)NCCCCOC(=O)Cc1ccccc1OCCCCNC(=O)C=C. The Morgan fingerprint density at radius 2 is 1.45 bits per heavy atom. The van der Waals surface area contributed by atoms with Crippen LogP contribution in [0.5, 0.6) is 5.75 Å². The number of hydrogen-bond donors (Lipinski definition) is 2. The predicted molar refractivity (Wildman–Crippen MR) is 111 cm³/mol. The number of unbranched alkanes of at least 4 members (excludes halogenated alkanes) is 2. The summed E-state index contributed by atoms with van der Waals surface area (Å²) < 4.78 is 11.0. The fourth-order valence-electron chi connectivity index (χ4n) is 2.39. The molecule has 29 heavy (non-hydrogen) atoms. The minimum Gasteiger partial charge on any atom is -0.493 e. The van der Waals surface area contributed by atoms with E-state index in [9.17, 15) is 14.4 Å². The second kappa shape index (κ2) is 14.9. The van der Waals surface area contributed by atoms with Crippen LogP contribution in [0.4, 0.5) is 0 Å². The van der Waals surface area contributed by atoms with E-state index >= 15 is 0 Å². The van der Waals surface area contributed by atoms with Gasteiger partial charge in [-0.2, -0.15) is 0 Å². The number of amides is 2. The number of ether oxygens (including phenoxy) is 2. The lowest BCUT2D eigenvalue weighted by Gasteiger charge is -2.11. The largest absolute Gasteiger partial charge is 0.493 e. The van der Waals surface area contributed by atoms with Gasteiger partial charge in [-0.15, -0.1) is 0 Å². The van der Waals surface area contributed by atoms with Crippen LogP contribution < -0.4 is 15.4 Å². The standard InChI is InChI=1S/C22H30N2O5/c1-3-20(25)23-13-7-9-15-28-19-12-6-5-11-18(19)17-22(27)29-16-10-8-14-24-21(26)4-2/h3-6,11-12H,1-2,7-10,13-17H2,(H,23,25)(H,24,26). The first-order valence-corrected chi connectivity index (χ1v) is 9.73. The lowest BCUT2D eigenvalue weighted by atomic mass is 10.1. The van der Waals surface area contributed by atoms with Crippen molar-refractivity contribution in [1.29, 1.82) is 0 Å². The second-order valence-electron chi connectivity index (χ2n) is 6.26. The van der Waals surface area contributed by atoms with Crippen LogP contribution in [0.15, 0.2) is 49.6 Å². The van der Waals surface area contributed by atoms with Gasteiger partial charge >= 0.3 is 5.97 Å². The summed E-state index contributed by atoms with van der Waals surface area (Å²) in [5.74, 6) is -0.0496. The molecule has 0 aliphatic rings. The highest BCUT2D eigenvalue weighted by Gasteiger charge is 2.10. The van der Waals surface area contributed by atoms with Crippen molar-refractivity contribution in [3.63, 3.8) is 0 Å². The minimum atomic E-state index is -0.316. The van der Waals surface area contributed by atoms with Gasteiger partial charge in [0.15, 0.2) is 0 Å². The number of carbonyl (C=O) groups is 3. The van der Waals surface area contributed by atoms with Crippen LogP contribution in [0.25, 0.3) is 0 Å². The Labute approximate surface area is 172 Å². The molecule has 0 aliphatic carbocycles. The average Bonchev–Trinajstić information content (AvgIpc) is 2.73. The zero-order valence-electron chi connectivity index (χ0n) is 16.8. The Morgan fingerprint density at radius 3 is 2.07 bits per heavy atom. The van der Waals surface area contributed by atoms with Crippen molar-refractivity contribution in [2.75, 3.05) is 26.3 Å². The summed E-state index contributed by atoms with van der Waals surface area (Å²) in [5, 5.41) is 5.38. The van der Waals surface area contributed by atoms with E-state index in [1.807, 2.05) is 24.3 Å². The van der Waals surface area contributed by atoms with E-state index in [2.05, 4.69) is 23.8 Å². The number of nitrogens with one attached hydrogen (secondary N) is 2. The lowest BCUT2D eigenvalue weighted by molar-refractivity contribution is -0.143. The van der Waals surface area contributed by atoms with E-state index in [0.29, 0.717) is 38.5 Å². The zero-order chi connectivity index (χ0) is 21.3. The van der Waals surface area contributed by atoms with E-state index in [1.165, 1.54) is 12.2 Å². The summed E-state index contributed by atoms with van der Waals surface area (Å²) in [6, 6.07) is 7.37. The maximum atomic E-state index is 12.1. The number of para-hydroxylation sites is 1. The molecule has 1 aromatic rings. The van der Waals surface area contributed by atoms with Gasteiger partial charge in [0.2, 0.25) is 11.8 Å². The molecule has 0 bridgehead atoms. The fourth-order valence-corrected chi connectivity index (χ4v) is 2.39. The Morgan fingerprint density at radius 1 is 0.862 bits per heavy atom. The van der Waals surface area contributed by atoms with E-state index in [1.54, 1.807) is 0 Å². The molecule has 158 valence electrons. The molecule has 7 nitrogen and oxygen atoms in total. The first-order chi connectivity index (χ1) is 14.1. The Balaban J connectivity index is 2.25. The molecule has 1 rings (SSSR count). The van der Waals surface area contributed by atoms with E-state index in [0.717, 1.165) is 24.8 Å². The smallest absolute Gasteiger partial charge is 0.310 e. The van der Waals surface area contributed by atoms with Gasteiger partial charge in [-0.05, 0) is 43.9 Å². The quantitative estimate of drug-likeness (QED) is 0.267. The Hall–Kier alpha value is -3.09. The molecule has 0 aromatic heterocycles. The van der Waals surface area contributed by atoms with Crippen molar-refractivity contribution in [2.24, 2.45) is 0 Å². The van der Waals surface area contributed by atoms with Gasteiger partial charge in [0.05, 0.1) is 19.6 Å². The highest BCUT2D eigenvalue weighted by Crippen LogP contribution is 2.19. The second-order valence-corrected chi connectivity index (χ2v) is 6.26. The average molecular weight is 402 g/mol. The number of hydrogen-bond acceptors (Lipinski definition) is 5. The molecule has 0 saturated carbocycles. The molecular weight excluding hydrogens is 372 g/mol. The molecule has 2 amide bonds. The molecule has 0 atom stereocenters. The topological polar surface area (TPSA) is 93.7 Å². The van der Waals surface area contributed by atoms with Crippen LogP contribution in [0.3, 0.4) is 0 Å². The van der Waals surface area contributed by atoms with Crippen LogP contribution >= 0.6 is 0 Å². The molecule has 0 aliphatic heterocycles. The third-order valence-electron chi connectivity index (χ3n) is 3.94. The molecule has 0 spiro atoms. The van der Waals surface area contributed by atoms with Gasteiger partial charge < -0.3 is 20.1 Å². The maximum Gasteiger partial charge on any atom is 0.310 e.